The van der Waals surface area contributed by atoms with E-state index in [2.05, 4.69) is 43.0 Å². The quantitative estimate of drug-likeness (QED) is 0.759. The van der Waals surface area contributed by atoms with Crippen molar-refractivity contribution in [3.05, 3.63) is 57.6 Å². The number of ether oxygens (including phenoxy) is 1. The summed E-state index contributed by atoms with van der Waals surface area (Å²) >= 11 is 6.36. The van der Waals surface area contributed by atoms with Crippen LogP contribution >= 0.6 is 11.6 Å². The Kier molecular flexibility index (Phi) is 3.35. The molecule has 3 rings (SSSR count). The first-order valence-corrected chi connectivity index (χ1v) is 7.17. The van der Waals surface area contributed by atoms with E-state index in [-0.39, 0.29) is 0 Å². The molecule has 0 unspecified atom stereocenters. The molecular weight excluding hydrogens is 270 g/mol. The van der Waals surface area contributed by atoms with Gasteiger partial charge in [0.25, 0.3) is 0 Å². The van der Waals surface area contributed by atoms with E-state index in [4.69, 9.17) is 16.3 Å². The molecule has 0 amide bonds. The van der Waals surface area contributed by atoms with Crippen molar-refractivity contribution >= 4 is 17.3 Å². The maximum Gasteiger partial charge on any atom is 0.161 e. The zero-order valence-electron chi connectivity index (χ0n) is 12.0. The van der Waals surface area contributed by atoms with Gasteiger partial charge in [-0.1, -0.05) is 23.7 Å². The van der Waals surface area contributed by atoms with Crippen LogP contribution in [-0.4, -0.2) is 6.73 Å². The van der Waals surface area contributed by atoms with Crippen LogP contribution in [0, 0.1) is 20.8 Å². The molecule has 0 spiro atoms. The Hall–Kier alpha value is -1.67. The highest BCUT2D eigenvalue weighted by molar-refractivity contribution is 6.32. The molecule has 0 saturated carbocycles. The van der Waals surface area contributed by atoms with Gasteiger partial charge in [0, 0.05) is 16.3 Å². The van der Waals surface area contributed by atoms with Crippen LogP contribution in [0.25, 0.3) is 0 Å². The van der Waals surface area contributed by atoms with Gasteiger partial charge < -0.3 is 9.64 Å². The van der Waals surface area contributed by atoms with Crippen LogP contribution in [0.4, 0.5) is 5.69 Å². The molecule has 2 nitrogen and oxygen atoms in total. The van der Waals surface area contributed by atoms with E-state index in [1.54, 1.807) is 0 Å². The molecule has 1 heterocycles. The monoisotopic (exact) mass is 287 g/mol. The Labute approximate surface area is 124 Å². The Bertz CT molecular complexity index is 666. The fourth-order valence-electron chi connectivity index (χ4n) is 2.66. The highest BCUT2D eigenvalue weighted by Gasteiger charge is 2.21. The summed E-state index contributed by atoms with van der Waals surface area (Å²) in [5.74, 6) is 0.966. The van der Waals surface area contributed by atoms with Crippen LogP contribution in [0.5, 0.6) is 5.75 Å². The number of anilines is 1. The van der Waals surface area contributed by atoms with Crippen molar-refractivity contribution < 1.29 is 4.74 Å². The molecule has 2 aromatic rings. The van der Waals surface area contributed by atoms with Crippen LogP contribution in [0.15, 0.2) is 30.3 Å². The largest absolute Gasteiger partial charge is 0.473 e. The summed E-state index contributed by atoms with van der Waals surface area (Å²) in [6.07, 6.45) is 0. The van der Waals surface area contributed by atoms with Crippen molar-refractivity contribution in [3.8, 4) is 5.75 Å². The van der Waals surface area contributed by atoms with E-state index >= 15 is 0 Å². The molecule has 0 saturated heterocycles. The lowest BCUT2D eigenvalue weighted by atomic mass is 10.0. The van der Waals surface area contributed by atoms with Gasteiger partial charge in [-0.2, -0.15) is 0 Å². The summed E-state index contributed by atoms with van der Waals surface area (Å²) in [5, 5.41) is 0.846. The highest BCUT2D eigenvalue weighted by Crippen LogP contribution is 2.36. The standard InChI is InChI=1S/C17H18ClNO/c1-11-5-4-6-14(7-11)19-9-15-13(3)17(18)12(2)8-16(15)20-10-19/h4-8H,9-10H2,1-3H3. The smallest absolute Gasteiger partial charge is 0.161 e. The molecule has 0 bridgehead atoms. The van der Waals surface area contributed by atoms with Crippen molar-refractivity contribution in [2.24, 2.45) is 0 Å². The Morgan fingerprint density at radius 2 is 1.95 bits per heavy atom. The second kappa shape index (κ2) is 5.02. The summed E-state index contributed by atoms with van der Waals surface area (Å²) < 4.78 is 5.91. The topological polar surface area (TPSA) is 12.5 Å². The molecule has 1 aliphatic heterocycles. The third-order valence-electron chi connectivity index (χ3n) is 3.86. The van der Waals surface area contributed by atoms with Crippen LogP contribution < -0.4 is 9.64 Å². The Balaban J connectivity index is 1.98. The lowest BCUT2D eigenvalue weighted by Crippen LogP contribution is -2.32. The zero-order chi connectivity index (χ0) is 14.3. The first kappa shape index (κ1) is 13.3. The lowest BCUT2D eigenvalue weighted by Gasteiger charge is -2.32. The van der Waals surface area contributed by atoms with Gasteiger partial charge in [-0.25, -0.2) is 0 Å². The van der Waals surface area contributed by atoms with Crippen molar-refractivity contribution in [2.45, 2.75) is 27.3 Å². The molecule has 1 aliphatic rings. The zero-order valence-corrected chi connectivity index (χ0v) is 12.8. The second-order valence-corrected chi connectivity index (χ2v) is 5.80. The van der Waals surface area contributed by atoms with Gasteiger partial charge in [0.1, 0.15) is 5.75 Å². The van der Waals surface area contributed by atoms with Gasteiger partial charge in [-0.05, 0) is 55.7 Å². The second-order valence-electron chi connectivity index (χ2n) is 5.42. The number of fused-ring (bicyclic) bond motifs is 1. The number of rotatable bonds is 1. The van der Waals surface area contributed by atoms with Crippen LogP contribution in [0.3, 0.4) is 0 Å². The number of halogens is 1. The molecule has 0 fully saturated rings. The third-order valence-corrected chi connectivity index (χ3v) is 4.45. The lowest BCUT2D eigenvalue weighted by molar-refractivity contribution is 0.288. The van der Waals surface area contributed by atoms with E-state index in [1.165, 1.54) is 16.8 Å². The van der Waals surface area contributed by atoms with Crippen LogP contribution in [0.2, 0.25) is 5.02 Å². The summed E-state index contributed by atoms with van der Waals surface area (Å²) in [6, 6.07) is 10.5. The molecule has 0 N–H and O–H groups in total. The Morgan fingerprint density at radius 3 is 2.70 bits per heavy atom. The molecule has 20 heavy (non-hydrogen) atoms. The normalized spacial score (nSPS) is 13.9. The summed E-state index contributed by atoms with van der Waals surface area (Å²) in [6.45, 7) is 7.61. The molecule has 2 aromatic carbocycles. The Morgan fingerprint density at radius 1 is 1.15 bits per heavy atom. The molecule has 0 aliphatic carbocycles. The van der Waals surface area contributed by atoms with Gasteiger partial charge in [-0.15, -0.1) is 0 Å². The predicted octanol–water partition coefficient (Wildman–Crippen LogP) is 4.62. The third kappa shape index (κ3) is 2.25. The molecular formula is C17H18ClNO. The molecule has 0 atom stereocenters. The number of nitrogens with zero attached hydrogens (tertiary/aromatic N) is 1. The van der Waals surface area contributed by atoms with Gasteiger partial charge in [0.15, 0.2) is 6.73 Å². The first-order valence-electron chi connectivity index (χ1n) is 6.79. The van der Waals surface area contributed by atoms with Crippen LogP contribution in [0.1, 0.15) is 22.3 Å². The van der Waals surface area contributed by atoms with Gasteiger partial charge in [-0.3, -0.25) is 0 Å². The van der Waals surface area contributed by atoms with Crippen molar-refractivity contribution in [2.75, 3.05) is 11.6 Å². The first-order chi connectivity index (χ1) is 9.56. The van der Waals surface area contributed by atoms with E-state index in [1.807, 2.05) is 13.0 Å². The van der Waals surface area contributed by atoms with Crippen LogP contribution in [-0.2, 0) is 6.54 Å². The fourth-order valence-corrected chi connectivity index (χ4v) is 2.83. The highest BCUT2D eigenvalue weighted by atomic mass is 35.5. The number of hydrogen-bond acceptors (Lipinski definition) is 2. The maximum absolute atomic E-state index is 6.36. The summed E-state index contributed by atoms with van der Waals surface area (Å²) in [4.78, 5) is 2.23. The predicted molar refractivity (Wildman–Crippen MR) is 83.8 cm³/mol. The molecule has 104 valence electrons. The van der Waals surface area contributed by atoms with Crippen molar-refractivity contribution in [3.63, 3.8) is 0 Å². The van der Waals surface area contributed by atoms with Gasteiger partial charge in [0.2, 0.25) is 0 Å². The fraction of sp³-hybridized carbons (Fsp3) is 0.294. The maximum atomic E-state index is 6.36. The molecule has 0 radical (unpaired) electrons. The van der Waals surface area contributed by atoms with E-state index in [9.17, 15) is 0 Å². The van der Waals surface area contributed by atoms with E-state index in [0.717, 1.165) is 28.4 Å². The number of hydrogen-bond donors (Lipinski definition) is 0. The van der Waals surface area contributed by atoms with Gasteiger partial charge >= 0.3 is 0 Å². The SMILES string of the molecule is Cc1cccc(N2COc3cc(C)c(Cl)c(C)c3C2)c1. The van der Waals surface area contributed by atoms with Gasteiger partial charge in [0.05, 0.1) is 6.54 Å². The minimum absolute atomic E-state index is 0.580. The van der Waals surface area contributed by atoms with E-state index < -0.39 is 0 Å². The average Bonchev–Trinajstić information content (AvgIpc) is 2.45. The van der Waals surface area contributed by atoms with Crippen molar-refractivity contribution in [1.82, 2.24) is 0 Å². The number of aryl methyl sites for hydroxylation is 2. The van der Waals surface area contributed by atoms with E-state index in [0.29, 0.717) is 6.73 Å². The average molecular weight is 288 g/mol. The molecule has 0 aromatic heterocycles. The number of benzene rings is 2. The minimum Gasteiger partial charge on any atom is -0.473 e. The summed E-state index contributed by atoms with van der Waals surface area (Å²) in [5.41, 5.74) is 5.83. The summed E-state index contributed by atoms with van der Waals surface area (Å²) in [7, 11) is 0. The van der Waals surface area contributed by atoms with Crippen molar-refractivity contribution in [1.29, 1.82) is 0 Å². The molecule has 3 heteroatoms. The minimum atomic E-state index is 0.580.